The van der Waals surface area contributed by atoms with Crippen LogP contribution in [0.4, 0.5) is 0 Å². The largest absolute Gasteiger partial charge is 0.389 e. The van der Waals surface area contributed by atoms with Crippen LogP contribution in [0.25, 0.3) is 0 Å². The summed E-state index contributed by atoms with van der Waals surface area (Å²) in [6.07, 6.45) is 7.20. The maximum atomic E-state index is 9.73. The molecule has 0 aromatic rings. The molecule has 2 N–H and O–H groups in total. The molecular weight excluding hydrogens is 212 g/mol. The highest BCUT2D eigenvalue weighted by molar-refractivity contribution is 5.07. The van der Waals surface area contributed by atoms with E-state index in [9.17, 15) is 10.2 Å². The summed E-state index contributed by atoms with van der Waals surface area (Å²) in [6.45, 7) is 11.3. The van der Waals surface area contributed by atoms with Gasteiger partial charge >= 0.3 is 0 Å². The maximum Gasteiger partial charge on any atom is 0.0800 e. The van der Waals surface area contributed by atoms with Gasteiger partial charge < -0.3 is 10.2 Å². The Bertz CT molecular complexity index is 294. The molecule has 2 heteroatoms. The molecule has 2 nitrogen and oxygen atoms in total. The van der Waals surface area contributed by atoms with Gasteiger partial charge in [0.2, 0.25) is 0 Å². The highest BCUT2D eigenvalue weighted by Crippen LogP contribution is 2.15. The Morgan fingerprint density at radius 2 is 1.94 bits per heavy atom. The second-order valence-electron chi connectivity index (χ2n) is 5.17. The third kappa shape index (κ3) is 8.90. The molecule has 0 aliphatic rings. The van der Waals surface area contributed by atoms with Gasteiger partial charge in [0.05, 0.1) is 11.7 Å². The minimum Gasteiger partial charge on any atom is -0.389 e. The van der Waals surface area contributed by atoms with Gasteiger partial charge in [0, 0.05) is 0 Å². The van der Waals surface area contributed by atoms with E-state index in [1.54, 1.807) is 13.0 Å². The van der Waals surface area contributed by atoms with Gasteiger partial charge in [-0.2, -0.15) is 0 Å². The molecule has 17 heavy (non-hydrogen) atoms. The third-order valence-corrected chi connectivity index (χ3v) is 2.64. The Labute approximate surface area is 105 Å². The van der Waals surface area contributed by atoms with Crippen molar-refractivity contribution in [2.75, 3.05) is 0 Å². The molecule has 0 aliphatic heterocycles. The van der Waals surface area contributed by atoms with E-state index in [4.69, 9.17) is 0 Å². The molecule has 0 heterocycles. The smallest absolute Gasteiger partial charge is 0.0800 e. The van der Waals surface area contributed by atoms with Crippen LogP contribution in [0.15, 0.2) is 36.0 Å². The summed E-state index contributed by atoms with van der Waals surface area (Å²) in [6, 6.07) is 0. The molecule has 2 atom stereocenters. The summed E-state index contributed by atoms with van der Waals surface area (Å²) in [5.74, 6) is 0. The van der Waals surface area contributed by atoms with Gasteiger partial charge in [0.15, 0.2) is 0 Å². The van der Waals surface area contributed by atoms with Gasteiger partial charge in [-0.15, -0.1) is 6.58 Å². The molecule has 0 aromatic carbocycles. The second-order valence-corrected chi connectivity index (χ2v) is 5.17. The average Bonchev–Trinajstić information content (AvgIpc) is 2.15. The summed E-state index contributed by atoms with van der Waals surface area (Å²) in [5, 5.41) is 19.4. The van der Waals surface area contributed by atoms with E-state index >= 15 is 0 Å². The van der Waals surface area contributed by atoms with Crippen LogP contribution >= 0.6 is 0 Å². The predicted octanol–water partition coefficient (Wildman–Crippen LogP) is 3.37. The molecule has 0 spiro atoms. The topological polar surface area (TPSA) is 40.5 Å². The van der Waals surface area contributed by atoms with Gasteiger partial charge in [-0.25, -0.2) is 0 Å². The molecule has 0 rings (SSSR count). The fourth-order valence-corrected chi connectivity index (χ4v) is 1.57. The van der Waals surface area contributed by atoms with Crippen molar-refractivity contribution in [3.05, 3.63) is 36.0 Å². The third-order valence-electron chi connectivity index (χ3n) is 2.64. The summed E-state index contributed by atoms with van der Waals surface area (Å²) in [5.41, 5.74) is 1.48. The van der Waals surface area contributed by atoms with Gasteiger partial charge in [0.25, 0.3) is 0 Å². The van der Waals surface area contributed by atoms with E-state index in [1.807, 2.05) is 26.8 Å². The molecule has 0 aliphatic carbocycles. The van der Waals surface area contributed by atoms with E-state index in [-0.39, 0.29) is 0 Å². The SMILES string of the molecule is C=C[C@](C)(O)CC/C=C(\C)C[C@@H](O)C=C(C)C. The van der Waals surface area contributed by atoms with E-state index in [2.05, 4.69) is 12.7 Å². The summed E-state index contributed by atoms with van der Waals surface area (Å²) >= 11 is 0. The zero-order valence-electron chi connectivity index (χ0n) is 11.5. The van der Waals surface area contributed by atoms with E-state index in [0.29, 0.717) is 12.8 Å². The number of hydrogen-bond donors (Lipinski definition) is 2. The summed E-state index contributed by atoms with van der Waals surface area (Å²) in [4.78, 5) is 0. The van der Waals surface area contributed by atoms with Crippen molar-refractivity contribution in [3.63, 3.8) is 0 Å². The molecule has 98 valence electrons. The lowest BCUT2D eigenvalue weighted by atomic mass is 9.98. The number of rotatable bonds is 7. The highest BCUT2D eigenvalue weighted by Gasteiger charge is 2.13. The van der Waals surface area contributed by atoms with Crippen LogP contribution in [0.5, 0.6) is 0 Å². The van der Waals surface area contributed by atoms with E-state index in [1.165, 1.54) is 0 Å². The zero-order valence-corrected chi connectivity index (χ0v) is 11.5. The summed E-state index contributed by atoms with van der Waals surface area (Å²) in [7, 11) is 0. The minimum absolute atomic E-state index is 0.406. The molecule has 0 radical (unpaired) electrons. The minimum atomic E-state index is -0.796. The number of aliphatic hydroxyl groups is 2. The van der Waals surface area contributed by atoms with Crippen LogP contribution in [-0.2, 0) is 0 Å². The molecule has 0 fully saturated rings. The monoisotopic (exact) mass is 238 g/mol. The van der Waals surface area contributed by atoms with Crippen LogP contribution < -0.4 is 0 Å². The number of hydrogen-bond acceptors (Lipinski definition) is 2. The first-order valence-corrected chi connectivity index (χ1v) is 6.11. The predicted molar refractivity (Wildman–Crippen MR) is 73.9 cm³/mol. The first-order valence-electron chi connectivity index (χ1n) is 6.11. The van der Waals surface area contributed by atoms with Gasteiger partial charge in [0.1, 0.15) is 0 Å². The van der Waals surface area contributed by atoms with Crippen molar-refractivity contribution < 1.29 is 10.2 Å². The Morgan fingerprint density at radius 3 is 2.41 bits per heavy atom. The van der Waals surface area contributed by atoms with Crippen LogP contribution in [0, 0.1) is 0 Å². The first kappa shape index (κ1) is 16.1. The Balaban J connectivity index is 4.11. The Kier molecular flexibility index (Phi) is 7.09. The van der Waals surface area contributed by atoms with Crippen LogP contribution in [0.3, 0.4) is 0 Å². The van der Waals surface area contributed by atoms with Crippen molar-refractivity contribution in [1.29, 1.82) is 0 Å². The van der Waals surface area contributed by atoms with Crippen molar-refractivity contribution in [1.82, 2.24) is 0 Å². The van der Waals surface area contributed by atoms with Crippen LogP contribution in [0.1, 0.15) is 47.0 Å². The lowest BCUT2D eigenvalue weighted by molar-refractivity contribution is 0.103. The average molecular weight is 238 g/mol. The van der Waals surface area contributed by atoms with Gasteiger partial charge in [-0.1, -0.05) is 29.4 Å². The number of allylic oxidation sites excluding steroid dienone is 2. The van der Waals surface area contributed by atoms with Crippen molar-refractivity contribution in [3.8, 4) is 0 Å². The van der Waals surface area contributed by atoms with Crippen molar-refractivity contribution in [2.24, 2.45) is 0 Å². The fourth-order valence-electron chi connectivity index (χ4n) is 1.57. The van der Waals surface area contributed by atoms with E-state index < -0.39 is 11.7 Å². The van der Waals surface area contributed by atoms with Crippen LogP contribution in [-0.4, -0.2) is 21.9 Å². The Hall–Kier alpha value is -0.860. The molecule has 0 amide bonds. The van der Waals surface area contributed by atoms with Gasteiger partial charge in [-0.3, -0.25) is 0 Å². The summed E-state index contributed by atoms with van der Waals surface area (Å²) < 4.78 is 0. The van der Waals surface area contributed by atoms with E-state index in [0.717, 1.165) is 17.6 Å². The zero-order chi connectivity index (χ0) is 13.5. The number of aliphatic hydroxyl groups excluding tert-OH is 1. The highest BCUT2D eigenvalue weighted by atomic mass is 16.3. The molecule has 0 bridgehead atoms. The Morgan fingerprint density at radius 1 is 1.35 bits per heavy atom. The van der Waals surface area contributed by atoms with Gasteiger partial charge in [-0.05, 0) is 47.0 Å². The van der Waals surface area contributed by atoms with Crippen LogP contribution in [0.2, 0.25) is 0 Å². The maximum absolute atomic E-state index is 9.73. The lowest BCUT2D eigenvalue weighted by Gasteiger charge is -2.17. The van der Waals surface area contributed by atoms with Crippen molar-refractivity contribution >= 4 is 0 Å². The molecule has 0 saturated heterocycles. The first-order chi connectivity index (χ1) is 7.76. The molecule has 0 saturated carbocycles. The van der Waals surface area contributed by atoms with Crippen molar-refractivity contribution in [2.45, 2.75) is 58.7 Å². The standard InChI is InChI=1S/C15H26O2/c1-6-15(5,17)9-7-8-13(4)11-14(16)10-12(2)3/h6,8,10,14,16-17H,1,7,9,11H2,2-5H3/b13-8+/t14-,15-/m0/s1. The fraction of sp³-hybridized carbons (Fsp3) is 0.600. The lowest BCUT2D eigenvalue weighted by Crippen LogP contribution is -2.19. The second kappa shape index (κ2) is 7.46. The normalized spacial score (nSPS) is 17.2. The molecule has 0 aromatic heterocycles. The molecular formula is C15H26O2. The quantitative estimate of drug-likeness (QED) is 0.668. The molecule has 0 unspecified atom stereocenters.